The van der Waals surface area contributed by atoms with Crippen molar-refractivity contribution in [2.45, 2.75) is 45.1 Å². The van der Waals surface area contributed by atoms with Crippen molar-refractivity contribution in [3.63, 3.8) is 0 Å². The second-order valence-electron chi connectivity index (χ2n) is 13.0. The minimum absolute atomic E-state index is 0.0348. The summed E-state index contributed by atoms with van der Waals surface area (Å²) in [6, 6.07) is 19.6. The number of benzene rings is 3. The fraction of sp³-hybridized carbons (Fsp3) is 0.421. The quantitative estimate of drug-likeness (QED) is 0.0832. The number of nitrogens with zero attached hydrogens (tertiary/aromatic N) is 3. The standard InChI is InChI=1S/C38H48N8O6/c1-25-5-6-27(21-33(25)30-3-2-4-31(23-30)36(48)40-15-17-51-19-20-52-18-16-47)22-34(42-37(49)29-9-7-26(24-39)8-10-29)38(50)41-32-13-11-28(12-14-32)35-43-45-46-44-35/h2-6,11-14,21,23,26,29,34,47H,7-10,15-20,22,24,39H2,1H3,(H,40,48)(H,41,50)(H,42,49)(H,43,44,45,46). The van der Waals surface area contributed by atoms with Crippen molar-refractivity contribution in [3.8, 4) is 22.5 Å². The molecule has 1 atom stereocenters. The number of hydrogen-bond donors (Lipinski definition) is 6. The van der Waals surface area contributed by atoms with Crippen LogP contribution in [0.25, 0.3) is 22.5 Å². The van der Waals surface area contributed by atoms with Crippen LogP contribution in [0.15, 0.2) is 66.7 Å². The molecule has 1 saturated carbocycles. The molecule has 4 aromatic rings. The first-order valence-corrected chi connectivity index (χ1v) is 17.7. The summed E-state index contributed by atoms with van der Waals surface area (Å²) < 4.78 is 10.6. The van der Waals surface area contributed by atoms with E-state index in [2.05, 4.69) is 36.6 Å². The molecule has 7 N–H and O–H groups in total. The lowest BCUT2D eigenvalue weighted by molar-refractivity contribution is -0.130. The number of aryl methyl sites for hydroxylation is 1. The van der Waals surface area contributed by atoms with Gasteiger partial charge in [-0.05, 0) is 109 Å². The van der Waals surface area contributed by atoms with Gasteiger partial charge in [-0.25, -0.2) is 0 Å². The smallest absolute Gasteiger partial charge is 0.251 e. The highest BCUT2D eigenvalue weighted by molar-refractivity contribution is 5.98. The van der Waals surface area contributed by atoms with Gasteiger partial charge in [0.05, 0.1) is 33.0 Å². The molecule has 276 valence electrons. The zero-order valence-electron chi connectivity index (χ0n) is 29.5. The minimum Gasteiger partial charge on any atom is -0.394 e. The molecule has 52 heavy (non-hydrogen) atoms. The van der Waals surface area contributed by atoms with E-state index < -0.39 is 6.04 Å². The number of ether oxygens (including phenoxy) is 2. The van der Waals surface area contributed by atoms with Crippen LogP contribution in [-0.4, -0.2) is 95.6 Å². The summed E-state index contributed by atoms with van der Waals surface area (Å²) >= 11 is 0. The van der Waals surface area contributed by atoms with Crippen LogP contribution in [0.2, 0.25) is 0 Å². The molecule has 3 amide bonds. The molecule has 14 heteroatoms. The number of hydrogen-bond acceptors (Lipinski definition) is 10. The normalized spacial score (nSPS) is 16.2. The number of rotatable bonds is 18. The molecule has 1 aromatic heterocycles. The maximum Gasteiger partial charge on any atom is 0.251 e. The van der Waals surface area contributed by atoms with Gasteiger partial charge in [0.1, 0.15) is 6.04 Å². The van der Waals surface area contributed by atoms with Crippen molar-refractivity contribution in [2.24, 2.45) is 17.6 Å². The molecule has 0 radical (unpaired) electrons. The molecule has 14 nitrogen and oxygen atoms in total. The number of H-pyrrole nitrogens is 1. The summed E-state index contributed by atoms with van der Waals surface area (Å²) in [5.41, 5.74) is 11.3. The van der Waals surface area contributed by atoms with E-state index in [0.717, 1.165) is 53.5 Å². The second-order valence-corrected chi connectivity index (χ2v) is 13.0. The number of nitrogens with two attached hydrogens (primary N) is 1. The van der Waals surface area contributed by atoms with Gasteiger partial charge >= 0.3 is 0 Å². The van der Waals surface area contributed by atoms with Gasteiger partial charge < -0.3 is 36.3 Å². The van der Waals surface area contributed by atoms with E-state index >= 15 is 0 Å². The van der Waals surface area contributed by atoms with Crippen molar-refractivity contribution < 1.29 is 29.0 Å². The van der Waals surface area contributed by atoms with Crippen molar-refractivity contribution in [2.75, 3.05) is 51.4 Å². The Morgan fingerprint density at radius 3 is 2.42 bits per heavy atom. The average Bonchev–Trinajstić information content (AvgIpc) is 3.72. The van der Waals surface area contributed by atoms with Crippen LogP contribution in [0.5, 0.6) is 0 Å². The number of carbonyl (C=O) groups excluding carboxylic acids is 3. The van der Waals surface area contributed by atoms with Crippen LogP contribution in [0.1, 0.15) is 47.2 Å². The Kier molecular flexibility index (Phi) is 14.4. The molecule has 5 rings (SSSR count). The SMILES string of the molecule is Cc1ccc(CC(NC(=O)C2CCC(CN)CC2)C(=O)Nc2ccc(-c3nn[nH]n3)cc2)cc1-c1cccc(C(=O)NCCOCCOCCO)c1. The third-order valence-electron chi connectivity index (χ3n) is 9.26. The van der Waals surface area contributed by atoms with Gasteiger partial charge in [-0.15, -0.1) is 10.2 Å². The fourth-order valence-electron chi connectivity index (χ4n) is 6.27. The van der Waals surface area contributed by atoms with Gasteiger partial charge in [0.2, 0.25) is 17.6 Å². The molecule has 1 aliphatic carbocycles. The van der Waals surface area contributed by atoms with Gasteiger partial charge in [-0.3, -0.25) is 14.4 Å². The lowest BCUT2D eigenvalue weighted by Gasteiger charge is -2.28. The average molecular weight is 713 g/mol. The highest BCUT2D eigenvalue weighted by Crippen LogP contribution is 2.29. The van der Waals surface area contributed by atoms with Crippen LogP contribution in [0, 0.1) is 18.8 Å². The molecule has 1 aliphatic rings. The van der Waals surface area contributed by atoms with Crippen LogP contribution in [0.4, 0.5) is 5.69 Å². The Bertz CT molecular complexity index is 1740. The number of nitrogens with one attached hydrogen (secondary N) is 4. The maximum absolute atomic E-state index is 13.8. The Labute approximate surface area is 303 Å². The van der Waals surface area contributed by atoms with E-state index in [1.807, 2.05) is 43.3 Å². The number of aromatic nitrogens is 4. The predicted octanol–water partition coefficient (Wildman–Crippen LogP) is 3.03. The Balaban J connectivity index is 1.27. The van der Waals surface area contributed by atoms with E-state index in [0.29, 0.717) is 55.9 Å². The maximum atomic E-state index is 13.8. The van der Waals surface area contributed by atoms with Gasteiger partial charge in [-0.1, -0.05) is 30.3 Å². The number of aliphatic hydroxyl groups is 1. The third kappa shape index (κ3) is 11.0. The molecule has 0 bridgehead atoms. The monoisotopic (exact) mass is 712 g/mol. The molecular formula is C38H48N8O6. The largest absolute Gasteiger partial charge is 0.394 e. The Morgan fingerprint density at radius 1 is 0.942 bits per heavy atom. The predicted molar refractivity (Wildman–Crippen MR) is 196 cm³/mol. The highest BCUT2D eigenvalue weighted by Gasteiger charge is 2.29. The first-order chi connectivity index (χ1) is 25.3. The first kappa shape index (κ1) is 38.2. The number of tetrazole rings is 1. The molecule has 0 saturated heterocycles. The van der Waals surface area contributed by atoms with Crippen LogP contribution in [0.3, 0.4) is 0 Å². The summed E-state index contributed by atoms with van der Waals surface area (Å²) in [6.07, 6.45) is 3.53. The molecule has 0 aliphatic heterocycles. The second kappa shape index (κ2) is 19.6. The number of amides is 3. The van der Waals surface area contributed by atoms with E-state index in [1.54, 1.807) is 30.3 Å². The fourth-order valence-corrected chi connectivity index (χ4v) is 6.27. The summed E-state index contributed by atoms with van der Waals surface area (Å²) in [5.74, 6) is 0.00911. The highest BCUT2D eigenvalue weighted by atomic mass is 16.5. The Hall–Kier alpha value is -5.02. The molecule has 1 heterocycles. The van der Waals surface area contributed by atoms with Gasteiger partial charge in [-0.2, -0.15) is 5.21 Å². The van der Waals surface area contributed by atoms with Crippen LogP contribution < -0.4 is 21.7 Å². The van der Waals surface area contributed by atoms with E-state index in [1.165, 1.54) is 0 Å². The molecule has 3 aromatic carbocycles. The van der Waals surface area contributed by atoms with E-state index in [-0.39, 0.29) is 43.3 Å². The molecule has 1 unspecified atom stereocenters. The lowest BCUT2D eigenvalue weighted by atomic mass is 9.81. The van der Waals surface area contributed by atoms with E-state index in [4.69, 9.17) is 20.3 Å². The topological polar surface area (TPSA) is 206 Å². The number of aromatic amines is 1. The third-order valence-corrected chi connectivity index (χ3v) is 9.26. The van der Waals surface area contributed by atoms with Crippen molar-refractivity contribution >= 4 is 23.4 Å². The Morgan fingerprint density at radius 2 is 1.71 bits per heavy atom. The minimum atomic E-state index is -0.840. The van der Waals surface area contributed by atoms with E-state index in [9.17, 15) is 14.4 Å². The lowest BCUT2D eigenvalue weighted by Crippen LogP contribution is -2.48. The van der Waals surface area contributed by atoms with Crippen molar-refractivity contribution in [3.05, 3.63) is 83.4 Å². The van der Waals surface area contributed by atoms with Crippen molar-refractivity contribution in [1.29, 1.82) is 0 Å². The van der Waals surface area contributed by atoms with Crippen LogP contribution >= 0.6 is 0 Å². The van der Waals surface area contributed by atoms with Crippen LogP contribution in [-0.2, 0) is 25.5 Å². The zero-order valence-corrected chi connectivity index (χ0v) is 29.5. The summed E-state index contributed by atoms with van der Waals surface area (Å²) in [4.78, 5) is 40.3. The van der Waals surface area contributed by atoms with Gasteiger partial charge in [0.15, 0.2) is 0 Å². The first-order valence-electron chi connectivity index (χ1n) is 17.7. The number of carbonyl (C=O) groups is 3. The molecular weight excluding hydrogens is 664 g/mol. The molecule has 0 spiro atoms. The van der Waals surface area contributed by atoms with Gasteiger partial charge in [0, 0.05) is 35.7 Å². The number of aliphatic hydroxyl groups excluding tert-OH is 1. The van der Waals surface area contributed by atoms with Crippen molar-refractivity contribution in [1.82, 2.24) is 31.3 Å². The summed E-state index contributed by atoms with van der Waals surface area (Å²) in [6.45, 7) is 4.26. The molecule has 1 fully saturated rings. The summed E-state index contributed by atoms with van der Waals surface area (Å²) in [5, 5.41) is 31.7. The number of anilines is 1. The summed E-state index contributed by atoms with van der Waals surface area (Å²) in [7, 11) is 0. The zero-order chi connectivity index (χ0) is 36.7. The van der Waals surface area contributed by atoms with Gasteiger partial charge in [0.25, 0.3) is 5.91 Å².